The number of hydrogen-bond donors (Lipinski definition) is 0. The highest BCUT2D eigenvalue weighted by Gasteiger charge is 2.27. The molecule has 0 unspecified atom stereocenters. The van der Waals surface area contributed by atoms with Crippen LogP contribution in [0.15, 0.2) is 18.2 Å². The average molecular weight is 315 g/mol. The van der Waals surface area contributed by atoms with Crippen molar-refractivity contribution in [3.8, 4) is 0 Å². The van der Waals surface area contributed by atoms with Crippen LogP contribution in [0, 0.1) is 16.0 Å². The molecule has 1 fully saturated rings. The summed E-state index contributed by atoms with van der Waals surface area (Å²) in [5, 5.41) is 10.9. The second kappa shape index (κ2) is 7.06. The molecule has 21 heavy (non-hydrogen) atoms. The monoisotopic (exact) mass is 314 g/mol. The smallest absolute Gasteiger partial charge is 0.288 e. The molecule has 7 heteroatoms. The lowest BCUT2D eigenvalue weighted by atomic mass is 9.95. The first-order valence-electron chi connectivity index (χ1n) is 6.81. The Kier molecular flexibility index (Phi) is 5.39. The quantitative estimate of drug-likeness (QED) is 0.475. The second-order valence-electron chi connectivity index (χ2n) is 5.06. The van der Waals surface area contributed by atoms with Crippen molar-refractivity contribution < 1.29 is 14.4 Å². The third-order valence-electron chi connectivity index (χ3n) is 3.88. The summed E-state index contributed by atoms with van der Waals surface area (Å²) in [4.78, 5) is 12.5. The normalized spacial score (nSPS) is 16.5. The zero-order valence-electron chi connectivity index (χ0n) is 12.1. The highest BCUT2D eigenvalue weighted by Crippen LogP contribution is 2.32. The van der Waals surface area contributed by atoms with Gasteiger partial charge in [-0.2, -0.15) is 0 Å². The minimum absolute atomic E-state index is 0.0610. The van der Waals surface area contributed by atoms with Gasteiger partial charge in [0.2, 0.25) is 0 Å². The molecule has 6 nitrogen and oxygen atoms in total. The molecular weight excluding hydrogens is 296 g/mol. The molecule has 0 amide bonds. The van der Waals surface area contributed by atoms with Gasteiger partial charge in [0.25, 0.3) is 5.69 Å². The molecule has 0 aliphatic carbocycles. The third kappa shape index (κ3) is 3.64. The van der Waals surface area contributed by atoms with Crippen molar-refractivity contribution in [2.45, 2.75) is 19.1 Å². The highest BCUT2D eigenvalue weighted by atomic mass is 35.5. The Morgan fingerprint density at radius 1 is 1.33 bits per heavy atom. The number of piperidine rings is 1. The highest BCUT2D eigenvalue weighted by molar-refractivity contribution is 6.32. The van der Waals surface area contributed by atoms with Crippen molar-refractivity contribution >= 4 is 23.0 Å². The Morgan fingerprint density at radius 2 is 1.95 bits per heavy atom. The molecule has 1 aliphatic rings. The molecule has 1 aliphatic heterocycles. The Morgan fingerprint density at radius 3 is 2.43 bits per heavy atom. The summed E-state index contributed by atoms with van der Waals surface area (Å²) in [6.07, 6.45) is 1.72. The molecule has 0 saturated carbocycles. The number of hydrogen-bond acceptors (Lipinski definition) is 5. The van der Waals surface area contributed by atoms with Gasteiger partial charge in [-0.25, -0.2) is 0 Å². The van der Waals surface area contributed by atoms with E-state index in [1.165, 1.54) is 6.07 Å². The van der Waals surface area contributed by atoms with Crippen LogP contribution in [0.25, 0.3) is 0 Å². The number of halogens is 1. The lowest BCUT2D eigenvalue weighted by Gasteiger charge is -2.36. The van der Waals surface area contributed by atoms with E-state index in [4.69, 9.17) is 21.1 Å². The van der Waals surface area contributed by atoms with Gasteiger partial charge >= 0.3 is 0 Å². The molecule has 1 aromatic carbocycles. The third-order valence-corrected chi connectivity index (χ3v) is 4.18. The average Bonchev–Trinajstić information content (AvgIpc) is 2.48. The zero-order valence-corrected chi connectivity index (χ0v) is 12.9. The molecule has 0 bridgehead atoms. The number of ether oxygens (including phenoxy) is 2. The molecule has 1 saturated heterocycles. The van der Waals surface area contributed by atoms with Crippen molar-refractivity contribution in [3.63, 3.8) is 0 Å². The maximum atomic E-state index is 10.8. The lowest BCUT2D eigenvalue weighted by Crippen LogP contribution is -2.39. The SMILES string of the molecule is COC(OC)C1CCN(c2ccc([N+](=O)[O-])c(Cl)c2)CC1. The van der Waals surface area contributed by atoms with E-state index in [1.54, 1.807) is 26.4 Å². The maximum Gasteiger partial charge on any atom is 0.288 e. The van der Waals surface area contributed by atoms with E-state index < -0.39 is 4.92 Å². The minimum Gasteiger partial charge on any atom is -0.371 e. The maximum absolute atomic E-state index is 10.8. The van der Waals surface area contributed by atoms with Crippen LogP contribution >= 0.6 is 11.6 Å². The molecule has 2 rings (SSSR count). The molecule has 116 valence electrons. The molecule has 1 heterocycles. The van der Waals surface area contributed by atoms with Gasteiger partial charge in [-0.05, 0) is 25.0 Å². The molecular formula is C14H19ClN2O4. The van der Waals surface area contributed by atoms with Crippen molar-refractivity contribution in [1.82, 2.24) is 0 Å². The van der Waals surface area contributed by atoms with Gasteiger partial charge in [0.1, 0.15) is 5.02 Å². The van der Waals surface area contributed by atoms with Gasteiger partial charge in [0.15, 0.2) is 6.29 Å². The topological polar surface area (TPSA) is 64.8 Å². The van der Waals surface area contributed by atoms with Gasteiger partial charge in [-0.15, -0.1) is 0 Å². The van der Waals surface area contributed by atoms with E-state index in [1.807, 2.05) is 0 Å². The van der Waals surface area contributed by atoms with Crippen LogP contribution in [0.1, 0.15) is 12.8 Å². The first-order chi connectivity index (χ1) is 10.1. The Labute approximate surface area is 128 Å². The number of anilines is 1. The fourth-order valence-corrected chi connectivity index (χ4v) is 3.00. The van der Waals surface area contributed by atoms with E-state index in [9.17, 15) is 10.1 Å². The second-order valence-corrected chi connectivity index (χ2v) is 5.46. The summed E-state index contributed by atoms with van der Waals surface area (Å²) in [6, 6.07) is 4.86. The van der Waals surface area contributed by atoms with Crippen LogP contribution in [0.5, 0.6) is 0 Å². The summed E-state index contributed by atoms with van der Waals surface area (Å²) < 4.78 is 10.6. The van der Waals surface area contributed by atoms with Crippen LogP contribution in [-0.4, -0.2) is 38.5 Å². The predicted molar refractivity (Wildman–Crippen MR) is 80.8 cm³/mol. The standard InChI is InChI=1S/C14H19ClN2O4/c1-20-14(21-2)10-5-7-16(8-6-10)11-3-4-13(17(18)19)12(15)9-11/h3-4,9-10,14H,5-8H2,1-2H3. The van der Waals surface area contributed by atoms with Crippen LogP contribution in [0.3, 0.4) is 0 Å². The van der Waals surface area contributed by atoms with E-state index in [-0.39, 0.29) is 17.0 Å². The fraction of sp³-hybridized carbons (Fsp3) is 0.571. The van der Waals surface area contributed by atoms with E-state index in [2.05, 4.69) is 4.90 Å². The molecule has 0 radical (unpaired) electrons. The largest absolute Gasteiger partial charge is 0.371 e. The van der Waals surface area contributed by atoms with Crippen molar-refractivity contribution in [3.05, 3.63) is 33.3 Å². The number of nitro benzene ring substituents is 1. The van der Waals surface area contributed by atoms with Crippen LogP contribution < -0.4 is 4.90 Å². The van der Waals surface area contributed by atoms with Gasteiger partial charge < -0.3 is 14.4 Å². The van der Waals surface area contributed by atoms with E-state index in [0.29, 0.717) is 5.92 Å². The fourth-order valence-electron chi connectivity index (χ4n) is 2.75. The molecule has 0 N–H and O–H groups in total. The summed E-state index contributed by atoms with van der Waals surface area (Å²) in [6.45, 7) is 1.70. The Bertz CT molecular complexity index is 500. The van der Waals surface area contributed by atoms with Gasteiger partial charge in [-0.3, -0.25) is 10.1 Å². The summed E-state index contributed by atoms with van der Waals surface area (Å²) >= 11 is 5.96. The van der Waals surface area contributed by atoms with E-state index in [0.717, 1.165) is 31.6 Å². The Hall–Kier alpha value is -1.37. The lowest BCUT2D eigenvalue weighted by molar-refractivity contribution is -0.384. The van der Waals surface area contributed by atoms with Crippen molar-refractivity contribution in [2.24, 2.45) is 5.92 Å². The summed E-state index contributed by atoms with van der Waals surface area (Å²) in [5.74, 6) is 0.366. The predicted octanol–water partition coefficient (Wildman–Crippen LogP) is 3.08. The number of nitro groups is 1. The first-order valence-corrected chi connectivity index (χ1v) is 7.19. The Balaban J connectivity index is 2.02. The number of rotatable bonds is 5. The van der Waals surface area contributed by atoms with Gasteiger partial charge in [0, 0.05) is 45.0 Å². The van der Waals surface area contributed by atoms with E-state index >= 15 is 0 Å². The zero-order chi connectivity index (χ0) is 15.4. The summed E-state index contributed by atoms with van der Waals surface area (Å²) in [7, 11) is 3.30. The van der Waals surface area contributed by atoms with Crippen molar-refractivity contribution in [1.29, 1.82) is 0 Å². The number of nitrogens with zero attached hydrogens (tertiary/aromatic N) is 2. The molecule has 1 aromatic rings. The van der Waals surface area contributed by atoms with Gasteiger partial charge in [-0.1, -0.05) is 11.6 Å². The molecule has 0 atom stereocenters. The van der Waals surface area contributed by atoms with Crippen LogP contribution in [0.2, 0.25) is 5.02 Å². The van der Waals surface area contributed by atoms with Crippen LogP contribution in [0.4, 0.5) is 11.4 Å². The molecule has 0 spiro atoms. The minimum atomic E-state index is -0.472. The van der Waals surface area contributed by atoms with Crippen molar-refractivity contribution in [2.75, 3.05) is 32.2 Å². The van der Waals surface area contributed by atoms with Gasteiger partial charge in [0.05, 0.1) is 4.92 Å². The number of methoxy groups -OCH3 is 2. The summed E-state index contributed by atoms with van der Waals surface area (Å²) in [5.41, 5.74) is 0.851. The van der Waals surface area contributed by atoms with Crippen LogP contribution in [-0.2, 0) is 9.47 Å². The number of benzene rings is 1. The molecule has 0 aromatic heterocycles. The first kappa shape index (κ1) is 16.0.